The van der Waals surface area contributed by atoms with Gasteiger partial charge in [0.1, 0.15) is 5.82 Å². The second-order valence-corrected chi connectivity index (χ2v) is 7.18. The molecule has 120 valence electrons. The third-order valence-corrected chi connectivity index (χ3v) is 5.55. The Kier molecular flexibility index (Phi) is 3.85. The number of thioether (sulfide) groups is 1. The molecule has 0 saturated heterocycles. The summed E-state index contributed by atoms with van der Waals surface area (Å²) in [5, 5.41) is 9.35. The molecule has 23 heavy (non-hydrogen) atoms. The van der Waals surface area contributed by atoms with Crippen LogP contribution in [0.5, 0.6) is 0 Å². The molecule has 2 heterocycles. The molecule has 1 aromatic carbocycles. The fraction of sp³-hybridized carbons (Fsp3) is 0.471. The summed E-state index contributed by atoms with van der Waals surface area (Å²) < 4.78 is 2.04. The van der Waals surface area contributed by atoms with Crippen LogP contribution in [0.2, 0.25) is 0 Å². The fourth-order valence-electron chi connectivity index (χ4n) is 3.15. The van der Waals surface area contributed by atoms with Crippen LogP contribution < -0.4 is 4.90 Å². The molecule has 1 fully saturated rings. The number of nitrogens with zero attached hydrogens (tertiary/aromatic N) is 4. The van der Waals surface area contributed by atoms with Crippen molar-refractivity contribution in [3.8, 4) is 0 Å². The van der Waals surface area contributed by atoms with Gasteiger partial charge in [0.25, 0.3) is 0 Å². The van der Waals surface area contributed by atoms with Gasteiger partial charge in [-0.05, 0) is 37.3 Å². The smallest absolute Gasteiger partial charge is 0.237 e. The van der Waals surface area contributed by atoms with Gasteiger partial charge in [0.05, 0.1) is 5.75 Å². The van der Waals surface area contributed by atoms with Crippen LogP contribution >= 0.6 is 11.8 Å². The molecule has 6 heteroatoms. The van der Waals surface area contributed by atoms with Crippen molar-refractivity contribution in [1.82, 2.24) is 14.8 Å². The summed E-state index contributed by atoms with van der Waals surface area (Å²) in [6.07, 6.45) is 4.50. The fourth-order valence-corrected chi connectivity index (χ4v) is 3.94. The van der Waals surface area contributed by atoms with Crippen molar-refractivity contribution in [3.05, 3.63) is 35.7 Å². The third kappa shape index (κ3) is 2.87. The van der Waals surface area contributed by atoms with Gasteiger partial charge in [-0.3, -0.25) is 4.79 Å². The van der Waals surface area contributed by atoms with Crippen molar-refractivity contribution < 1.29 is 4.79 Å². The minimum Gasteiger partial charge on any atom is -0.311 e. The van der Waals surface area contributed by atoms with Crippen LogP contribution in [0.4, 0.5) is 5.69 Å². The number of anilines is 1. The Labute approximate surface area is 140 Å². The number of hydrogen-bond donors (Lipinski definition) is 0. The average Bonchev–Trinajstić information content (AvgIpc) is 3.36. The molecule has 0 bridgehead atoms. The standard InChI is InChI=1S/C17H20N4OS/c1-20-16(13-8-9-13)18-19-17(20)23-11-15(22)21-10-4-6-12-5-2-3-7-14(12)21/h2-3,5,7,13H,4,6,8-11H2,1H3. The summed E-state index contributed by atoms with van der Waals surface area (Å²) in [6, 6.07) is 8.21. The zero-order valence-electron chi connectivity index (χ0n) is 13.2. The van der Waals surface area contributed by atoms with Crippen LogP contribution in [-0.4, -0.2) is 33.0 Å². The van der Waals surface area contributed by atoms with E-state index in [1.807, 2.05) is 34.7 Å². The molecule has 5 nitrogen and oxygen atoms in total. The normalized spacial score (nSPS) is 17.2. The van der Waals surface area contributed by atoms with E-state index in [1.54, 1.807) is 0 Å². The summed E-state index contributed by atoms with van der Waals surface area (Å²) >= 11 is 1.49. The molecule has 2 aromatic rings. The van der Waals surface area contributed by atoms with Crippen LogP contribution in [0.3, 0.4) is 0 Å². The minimum atomic E-state index is 0.151. The van der Waals surface area contributed by atoms with Crippen LogP contribution in [0.15, 0.2) is 29.4 Å². The highest BCUT2D eigenvalue weighted by molar-refractivity contribution is 7.99. The van der Waals surface area contributed by atoms with Gasteiger partial charge in [0.15, 0.2) is 5.16 Å². The molecule has 2 aliphatic rings. The van der Waals surface area contributed by atoms with E-state index < -0.39 is 0 Å². The SMILES string of the molecule is Cn1c(SCC(=O)N2CCCc3ccccc32)nnc1C1CC1. The van der Waals surface area contributed by atoms with Gasteiger partial charge < -0.3 is 9.47 Å². The number of benzene rings is 1. The van der Waals surface area contributed by atoms with E-state index in [4.69, 9.17) is 0 Å². The van der Waals surface area contributed by atoms with Crippen molar-refractivity contribution in [3.63, 3.8) is 0 Å². The molecule has 0 unspecified atom stereocenters. The summed E-state index contributed by atoms with van der Waals surface area (Å²) in [7, 11) is 2.00. The Morgan fingerprint density at radius 3 is 2.96 bits per heavy atom. The number of aromatic nitrogens is 3. The number of para-hydroxylation sites is 1. The summed E-state index contributed by atoms with van der Waals surface area (Å²) in [5.41, 5.74) is 2.34. The minimum absolute atomic E-state index is 0.151. The predicted molar refractivity (Wildman–Crippen MR) is 90.8 cm³/mol. The lowest BCUT2D eigenvalue weighted by atomic mass is 10.0. The van der Waals surface area contributed by atoms with E-state index in [-0.39, 0.29) is 5.91 Å². The summed E-state index contributed by atoms with van der Waals surface area (Å²) in [4.78, 5) is 14.6. The lowest BCUT2D eigenvalue weighted by Crippen LogP contribution is -2.36. The monoisotopic (exact) mass is 328 g/mol. The molecule has 0 spiro atoms. The lowest BCUT2D eigenvalue weighted by Gasteiger charge is -2.29. The predicted octanol–water partition coefficient (Wildman–Crippen LogP) is 2.76. The van der Waals surface area contributed by atoms with Crippen LogP contribution in [0.25, 0.3) is 0 Å². The molecule has 0 N–H and O–H groups in total. The first kappa shape index (κ1) is 14.8. The van der Waals surface area contributed by atoms with E-state index in [9.17, 15) is 4.79 Å². The quantitative estimate of drug-likeness (QED) is 0.810. The largest absolute Gasteiger partial charge is 0.311 e. The van der Waals surface area contributed by atoms with Gasteiger partial charge in [0, 0.05) is 25.2 Å². The van der Waals surface area contributed by atoms with E-state index in [0.717, 1.165) is 36.1 Å². The van der Waals surface area contributed by atoms with E-state index >= 15 is 0 Å². The van der Waals surface area contributed by atoms with Crippen LogP contribution in [-0.2, 0) is 18.3 Å². The van der Waals surface area contributed by atoms with Gasteiger partial charge in [-0.15, -0.1) is 10.2 Å². The maximum atomic E-state index is 12.6. The number of hydrogen-bond acceptors (Lipinski definition) is 4. The maximum absolute atomic E-state index is 12.6. The second-order valence-electron chi connectivity index (χ2n) is 6.24. The second kappa shape index (κ2) is 6.00. The summed E-state index contributed by atoms with van der Waals surface area (Å²) in [5.74, 6) is 2.19. The first-order valence-corrected chi connectivity index (χ1v) is 9.13. The zero-order valence-corrected chi connectivity index (χ0v) is 14.1. The number of rotatable bonds is 4. The van der Waals surface area contributed by atoms with Gasteiger partial charge in [0.2, 0.25) is 5.91 Å². The van der Waals surface area contributed by atoms with Gasteiger partial charge in [-0.25, -0.2) is 0 Å². The maximum Gasteiger partial charge on any atom is 0.237 e. The molecule has 1 saturated carbocycles. The molecule has 0 atom stereocenters. The highest BCUT2D eigenvalue weighted by Gasteiger charge is 2.29. The molecular formula is C17H20N4OS. The van der Waals surface area contributed by atoms with Crippen molar-refractivity contribution in [2.45, 2.75) is 36.8 Å². The number of carbonyl (C=O) groups is 1. The highest BCUT2D eigenvalue weighted by atomic mass is 32.2. The summed E-state index contributed by atoms with van der Waals surface area (Å²) in [6.45, 7) is 0.808. The number of aryl methyl sites for hydroxylation is 1. The molecule has 1 aromatic heterocycles. The van der Waals surface area contributed by atoms with E-state index in [0.29, 0.717) is 11.7 Å². The lowest BCUT2D eigenvalue weighted by molar-refractivity contribution is -0.116. The highest BCUT2D eigenvalue weighted by Crippen LogP contribution is 2.39. The van der Waals surface area contributed by atoms with E-state index in [1.165, 1.54) is 30.2 Å². The average molecular weight is 328 g/mol. The first-order chi connectivity index (χ1) is 11.2. The van der Waals surface area contributed by atoms with Gasteiger partial charge >= 0.3 is 0 Å². The van der Waals surface area contributed by atoms with E-state index in [2.05, 4.69) is 16.3 Å². The Morgan fingerprint density at radius 2 is 2.13 bits per heavy atom. The molecule has 4 rings (SSSR count). The number of fused-ring (bicyclic) bond motifs is 1. The van der Waals surface area contributed by atoms with Crippen LogP contribution in [0.1, 0.15) is 36.6 Å². The number of amides is 1. The Bertz CT molecular complexity index is 738. The molecule has 1 aliphatic carbocycles. The zero-order chi connectivity index (χ0) is 15.8. The van der Waals surface area contributed by atoms with Crippen LogP contribution in [0, 0.1) is 0 Å². The topological polar surface area (TPSA) is 51.0 Å². The molecule has 1 aliphatic heterocycles. The van der Waals surface area contributed by atoms with Crippen molar-refractivity contribution in [1.29, 1.82) is 0 Å². The van der Waals surface area contributed by atoms with Gasteiger partial charge in [-0.1, -0.05) is 30.0 Å². The van der Waals surface area contributed by atoms with Crippen molar-refractivity contribution >= 4 is 23.4 Å². The third-order valence-electron chi connectivity index (χ3n) is 4.55. The molecular weight excluding hydrogens is 308 g/mol. The Hall–Kier alpha value is -1.82. The molecule has 0 radical (unpaired) electrons. The van der Waals surface area contributed by atoms with Crippen molar-refractivity contribution in [2.75, 3.05) is 17.2 Å². The number of carbonyl (C=O) groups excluding carboxylic acids is 1. The molecule has 1 amide bonds. The van der Waals surface area contributed by atoms with Gasteiger partial charge in [-0.2, -0.15) is 0 Å². The van der Waals surface area contributed by atoms with Crippen molar-refractivity contribution in [2.24, 2.45) is 7.05 Å². The Balaban J connectivity index is 1.45. The first-order valence-electron chi connectivity index (χ1n) is 8.14. The Morgan fingerprint density at radius 1 is 1.30 bits per heavy atom.